The molecule has 0 amide bonds. The molecule has 0 radical (unpaired) electrons. The Morgan fingerprint density at radius 2 is 2.08 bits per heavy atom. The Hall–Kier alpha value is -3.14. The van der Waals surface area contributed by atoms with Crippen molar-refractivity contribution in [1.82, 2.24) is 14.5 Å². The minimum absolute atomic E-state index is 0.0865. The van der Waals surface area contributed by atoms with Gasteiger partial charge in [-0.25, -0.2) is 13.8 Å². The van der Waals surface area contributed by atoms with Crippen LogP contribution in [0.2, 0.25) is 5.02 Å². The third-order valence-corrected chi connectivity index (χ3v) is 7.82. The van der Waals surface area contributed by atoms with Crippen molar-refractivity contribution >= 4 is 45.6 Å². The van der Waals surface area contributed by atoms with Gasteiger partial charge < -0.3 is 24.8 Å². The van der Waals surface area contributed by atoms with Gasteiger partial charge in [0.2, 0.25) is 11.7 Å². The van der Waals surface area contributed by atoms with Crippen LogP contribution in [0.1, 0.15) is 32.6 Å². The number of aromatic nitrogens is 3. The van der Waals surface area contributed by atoms with Gasteiger partial charge in [-0.15, -0.1) is 0 Å². The van der Waals surface area contributed by atoms with Gasteiger partial charge in [0.25, 0.3) is 5.56 Å². The number of hydrogen-bond acceptors (Lipinski definition) is 7. The fraction of sp³-hybridized carbons (Fsp3) is 0.500. The number of fused-ring (bicyclic) bond motifs is 3. The third kappa shape index (κ3) is 4.45. The van der Waals surface area contributed by atoms with Crippen molar-refractivity contribution in [3.8, 4) is 5.75 Å². The lowest BCUT2D eigenvalue weighted by molar-refractivity contribution is -0.0579. The number of alkyl halides is 2. The number of ether oxygens (including phenoxy) is 1. The molecule has 3 aliphatic rings. The molecule has 1 saturated carbocycles. The maximum Gasteiger partial charge on any atom is 0.301 e. The number of halogens is 3. The zero-order chi connectivity index (χ0) is 25.9. The van der Waals surface area contributed by atoms with Gasteiger partial charge in [0.1, 0.15) is 5.02 Å². The van der Waals surface area contributed by atoms with E-state index in [-0.39, 0.29) is 11.7 Å². The fourth-order valence-electron chi connectivity index (χ4n) is 5.39. The second-order valence-electron chi connectivity index (χ2n) is 10.5. The van der Waals surface area contributed by atoms with E-state index in [1.54, 1.807) is 31.4 Å². The molecule has 6 rings (SSSR count). The number of rotatable bonds is 4. The standard InChI is InChI=1S/C26H29ClF2N6O2/c1-14-4-3-9-35(12-14)25-30-11-18(27)23(33-25)31-16-7-8-19-17(10-16)20-21(24(36)34(19)2)37-13-26(28,29)22(32-20)15-5-6-15/h7-8,10-11,14-15,22,32H,3-6,9,12-13H2,1-2H3,(H,30,31,33). The molecule has 0 spiro atoms. The van der Waals surface area contributed by atoms with E-state index in [4.69, 9.17) is 16.3 Å². The number of piperidine rings is 1. The Bertz CT molecular complexity index is 1430. The molecule has 0 bridgehead atoms. The number of nitrogens with zero attached hydrogens (tertiary/aromatic N) is 4. The zero-order valence-corrected chi connectivity index (χ0v) is 21.5. The van der Waals surface area contributed by atoms with Crippen molar-refractivity contribution in [2.45, 2.75) is 44.6 Å². The third-order valence-electron chi connectivity index (χ3n) is 7.54. The largest absolute Gasteiger partial charge is 0.480 e. The summed E-state index contributed by atoms with van der Waals surface area (Å²) in [4.78, 5) is 24.3. The maximum absolute atomic E-state index is 14.9. The SMILES string of the molecule is CC1CCCN(c2ncc(Cl)c(Nc3ccc4c(c3)c3c(c(=O)n4C)OCC(F)(F)C(C4CC4)N3)n2)C1. The van der Waals surface area contributed by atoms with E-state index in [0.29, 0.717) is 45.0 Å². The first-order chi connectivity index (χ1) is 17.7. The van der Waals surface area contributed by atoms with Gasteiger partial charge in [-0.2, -0.15) is 4.98 Å². The van der Waals surface area contributed by atoms with Gasteiger partial charge in [-0.05, 0) is 55.7 Å². The van der Waals surface area contributed by atoms with Crippen LogP contribution >= 0.6 is 11.6 Å². The molecular formula is C26H29ClF2N6O2. The monoisotopic (exact) mass is 530 g/mol. The van der Waals surface area contributed by atoms with Crippen molar-refractivity contribution in [1.29, 1.82) is 0 Å². The first-order valence-corrected chi connectivity index (χ1v) is 13.1. The van der Waals surface area contributed by atoms with Crippen LogP contribution in [-0.2, 0) is 7.05 Å². The minimum atomic E-state index is -3.09. The van der Waals surface area contributed by atoms with E-state index in [9.17, 15) is 13.6 Å². The highest BCUT2D eigenvalue weighted by atomic mass is 35.5. The van der Waals surface area contributed by atoms with Crippen LogP contribution in [0, 0.1) is 11.8 Å². The Morgan fingerprint density at radius 3 is 2.84 bits per heavy atom. The van der Waals surface area contributed by atoms with Gasteiger partial charge in [0.15, 0.2) is 12.4 Å². The predicted molar refractivity (Wildman–Crippen MR) is 141 cm³/mol. The number of anilines is 4. The van der Waals surface area contributed by atoms with Crippen molar-refractivity contribution in [3.63, 3.8) is 0 Å². The molecule has 37 heavy (non-hydrogen) atoms. The quantitative estimate of drug-likeness (QED) is 0.481. The van der Waals surface area contributed by atoms with Crippen LogP contribution in [0.15, 0.2) is 29.2 Å². The second-order valence-corrected chi connectivity index (χ2v) is 10.9. The van der Waals surface area contributed by atoms with Crippen LogP contribution in [0.5, 0.6) is 5.75 Å². The van der Waals surface area contributed by atoms with Gasteiger partial charge in [0, 0.05) is 31.2 Å². The molecule has 2 aliphatic heterocycles. The summed E-state index contributed by atoms with van der Waals surface area (Å²) in [5.41, 5.74) is 1.09. The first-order valence-electron chi connectivity index (χ1n) is 12.7. The lowest BCUT2D eigenvalue weighted by Gasteiger charge is -2.31. The van der Waals surface area contributed by atoms with Crippen LogP contribution in [0.25, 0.3) is 10.9 Å². The summed E-state index contributed by atoms with van der Waals surface area (Å²) in [6, 6.07) is 4.29. The molecular weight excluding hydrogens is 502 g/mol. The van der Waals surface area contributed by atoms with Crippen LogP contribution < -0.4 is 25.8 Å². The van der Waals surface area contributed by atoms with Crippen molar-refractivity contribution < 1.29 is 13.5 Å². The summed E-state index contributed by atoms with van der Waals surface area (Å²) in [5, 5.41) is 7.23. The molecule has 196 valence electrons. The minimum Gasteiger partial charge on any atom is -0.480 e. The number of benzene rings is 1. The number of pyridine rings is 1. The number of nitrogens with one attached hydrogen (secondary N) is 2. The maximum atomic E-state index is 14.9. The highest BCUT2D eigenvalue weighted by Gasteiger charge is 2.51. The average molecular weight is 531 g/mol. The summed E-state index contributed by atoms with van der Waals surface area (Å²) in [6.07, 6.45) is 5.30. The van der Waals surface area contributed by atoms with Crippen molar-refractivity contribution in [2.75, 3.05) is 35.2 Å². The van der Waals surface area contributed by atoms with E-state index >= 15 is 0 Å². The van der Waals surface area contributed by atoms with Crippen molar-refractivity contribution in [3.05, 3.63) is 39.8 Å². The fourth-order valence-corrected chi connectivity index (χ4v) is 5.53. The Kier molecular flexibility index (Phi) is 5.89. The van der Waals surface area contributed by atoms with E-state index in [1.165, 1.54) is 11.0 Å². The molecule has 2 atom stereocenters. The van der Waals surface area contributed by atoms with E-state index in [2.05, 4.69) is 32.4 Å². The molecule has 11 heteroatoms. The Labute approximate surface area is 218 Å². The molecule has 2 aromatic heterocycles. The Balaban J connectivity index is 1.39. The van der Waals surface area contributed by atoms with Gasteiger partial charge >= 0.3 is 5.92 Å². The van der Waals surface area contributed by atoms with Gasteiger partial charge in [-0.1, -0.05) is 18.5 Å². The zero-order valence-electron chi connectivity index (χ0n) is 20.7. The molecule has 1 saturated heterocycles. The number of aryl methyl sites for hydroxylation is 1. The summed E-state index contributed by atoms with van der Waals surface area (Å²) in [7, 11) is 1.61. The highest BCUT2D eigenvalue weighted by molar-refractivity contribution is 6.32. The van der Waals surface area contributed by atoms with Crippen LogP contribution in [0.4, 0.5) is 31.9 Å². The van der Waals surface area contributed by atoms with Crippen molar-refractivity contribution in [2.24, 2.45) is 18.9 Å². The average Bonchev–Trinajstić information content (AvgIpc) is 3.71. The molecule has 2 fully saturated rings. The normalized spacial score (nSPS) is 23.1. The van der Waals surface area contributed by atoms with Gasteiger partial charge in [0.05, 0.1) is 23.4 Å². The van der Waals surface area contributed by atoms with Gasteiger partial charge in [-0.3, -0.25) is 4.79 Å². The topological polar surface area (TPSA) is 84.3 Å². The summed E-state index contributed by atoms with van der Waals surface area (Å²) < 4.78 is 36.7. The van der Waals surface area contributed by atoms with E-state index in [0.717, 1.165) is 32.4 Å². The molecule has 2 N–H and O–H groups in total. The molecule has 3 aromatic rings. The summed E-state index contributed by atoms with van der Waals surface area (Å²) >= 11 is 6.44. The van der Waals surface area contributed by atoms with E-state index < -0.39 is 24.1 Å². The lowest BCUT2D eigenvalue weighted by atomic mass is 10.0. The smallest absolute Gasteiger partial charge is 0.301 e. The molecule has 8 nitrogen and oxygen atoms in total. The molecule has 1 aliphatic carbocycles. The lowest BCUT2D eigenvalue weighted by Crippen LogP contribution is -2.44. The number of hydrogen-bond donors (Lipinski definition) is 2. The molecule has 2 unspecified atom stereocenters. The first kappa shape index (κ1) is 24.2. The second kappa shape index (κ2) is 9.01. The highest BCUT2D eigenvalue weighted by Crippen LogP contribution is 2.45. The molecule has 4 heterocycles. The Morgan fingerprint density at radius 1 is 1.27 bits per heavy atom. The molecule has 1 aromatic carbocycles. The van der Waals surface area contributed by atoms with E-state index in [1.807, 2.05) is 0 Å². The van der Waals surface area contributed by atoms with Crippen LogP contribution in [-0.4, -0.2) is 46.2 Å². The summed E-state index contributed by atoms with van der Waals surface area (Å²) in [5.74, 6) is -1.71. The summed E-state index contributed by atoms with van der Waals surface area (Å²) in [6.45, 7) is 3.16. The predicted octanol–water partition coefficient (Wildman–Crippen LogP) is 5.18. The van der Waals surface area contributed by atoms with Crippen LogP contribution in [0.3, 0.4) is 0 Å².